The van der Waals surface area contributed by atoms with Crippen LogP contribution < -0.4 is 5.32 Å². The molecule has 4 rings (SSSR count). The zero-order valence-electron chi connectivity index (χ0n) is 14.6. The molecule has 7 heteroatoms. The lowest BCUT2D eigenvalue weighted by molar-refractivity contribution is 0.0950. The SMILES string of the molecule is Cc1ccc(-c2nc3ccc(Cl)nn3c2CNC(=O)c2ccncc2)cc1. The van der Waals surface area contributed by atoms with Crippen LogP contribution in [-0.4, -0.2) is 25.5 Å². The van der Waals surface area contributed by atoms with Crippen molar-refractivity contribution in [2.24, 2.45) is 0 Å². The van der Waals surface area contributed by atoms with Crippen LogP contribution in [0.15, 0.2) is 60.9 Å². The number of amides is 1. The second-order valence-electron chi connectivity index (χ2n) is 6.12. The number of hydrogen-bond acceptors (Lipinski definition) is 4. The quantitative estimate of drug-likeness (QED) is 0.588. The Morgan fingerprint density at radius 3 is 2.56 bits per heavy atom. The number of carbonyl (C=O) groups is 1. The average Bonchev–Trinajstić information content (AvgIpc) is 3.05. The summed E-state index contributed by atoms with van der Waals surface area (Å²) in [6, 6.07) is 14.9. The second kappa shape index (κ2) is 7.17. The first kappa shape index (κ1) is 17.2. The van der Waals surface area contributed by atoms with Crippen LogP contribution in [0.2, 0.25) is 5.15 Å². The average molecular weight is 378 g/mol. The van der Waals surface area contributed by atoms with E-state index in [9.17, 15) is 4.79 Å². The molecule has 1 amide bonds. The highest BCUT2D eigenvalue weighted by molar-refractivity contribution is 6.29. The number of pyridine rings is 1. The number of nitrogens with one attached hydrogen (secondary N) is 1. The van der Waals surface area contributed by atoms with E-state index < -0.39 is 0 Å². The highest BCUT2D eigenvalue weighted by Crippen LogP contribution is 2.25. The highest BCUT2D eigenvalue weighted by atomic mass is 35.5. The third-order valence-electron chi connectivity index (χ3n) is 4.22. The Morgan fingerprint density at radius 2 is 1.81 bits per heavy atom. The summed E-state index contributed by atoms with van der Waals surface area (Å²) >= 11 is 6.07. The van der Waals surface area contributed by atoms with E-state index in [1.807, 2.05) is 31.2 Å². The molecule has 3 heterocycles. The van der Waals surface area contributed by atoms with E-state index >= 15 is 0 Å². The number of fused-ring (bicyclic) bond motifs is 1. The number of nitrogens with zero attached hydrogens (tertiary/aromatic N) is 4. The van der Waals surface area contributed by atoms with Crippen LogP contribution >= 0.6 is 11.6 Å². The smallest absolute Gasteiger partial charge is 0.251 e. The van der Waals surface area contributed by atoms with Crippen LogP contribution in [-0.2, 0) is 6.54 Å². The lowest BCUT2D eigenvalue weighted by Crippen LogP contribution is -2.24. The van der Waals surface area contributed by atoms with Crippen LogP contribution in [0.1, 0.15) is 21.6 Å². The van der Waals surface area contributed by atoms with Gasteiger partial charge in [0.2, 0.25) is 0 Å². The van der Waals surface area contributed by atoms with Crippen molar-refractivity contribution in [1.29, 1.82) is 0 Å². The van der Waals surface area contributed by atoms with E-state index in [2.05, 4.69) is 20.4 Å². The standard InChI is InChI=1S/C20H16ClN5O/c1-13-2-4-14(5-3-13)19-16(26-18(24-19)7-6-17(21)25-26)12-23-20(27)15-8-10-22-11-9-15/h2-11H,12H2,1H3,(H,23,27). The number of imidazole rings is 1. The summed E-state index contributed by atoms with van der Waals surface area (Å²) in [4.78, 5) is 21.0. The third kappa shape index (κ3) is 3.52. The van der Waals surface area contributed by atoms with Gasteiger partial charge >= 0.3 is 0 Å². The van der Waals surface area contributed by atoms with E-state index in [0.717, 1.165) is 22.5 Å². The summed E-state index contributed by atoms with van der Waals surface area (Å²) in [6.45, 7) is 2.30. The molecule has 0 fully saturated rings. The van der Waals surface area contributed by atoms with Gasteiger partial charge in [-0.15, -0.1) is 0 Å². The van der Waals surface area contributed by atoms with Crippen molar-refractivity contribution in [2.45, 2.75) is 13.5 Å². The molecule has 4 aromatic rings. The number of hydrogen-bond donors (Lipinski definition) is 1. The predicted octanol–water partition coefficient (Wildman–Crippen LogP) is 3.68. The van der Waals surface area contributed by atoms with E-state index in [0.29, 0.717) is 16.4 Å². The van der Waals surface area contributed by atoms with Gasteiger partial charge in [-0.3, -0.25) is 9.78 Å². The number of aromatic nitrogens is 4. The minimum atomic E-state index is -0.191. The summed E-state index contributed by atoms with van der Waals surface area (Å²) in [5.74, 6) is -0.191. The molecule has 0 bridgehead atoms. The molecular weight excluding hydrogens is 362 g/mol. The van der Waals surface area contributed by atoms with Gasteiger partial charge in [0.15, 0.2) is 5.65 Å². The summed E-state index contributed by atoms with van der Waals surface area (Å²) in [5, 5.41) is 7.63. The summed E-state index contributed by atoms with van der Waals surface area (Å²) < 4.78 is 1.67. The fourth-order valence-electron chi connectivity index (χ4n) is 2.83. The van der Waals surface area contributed by atoms with E-state index in [-0.39, 0.29) is 12.5 Å². The van der Waals surface area contributed by atoms with Crippen molar-refractivity contribution in [3.8, 4) is 11.3 Å². The predicted molar refractivity (Wildman–Crippen MR) is 104 cm³/mol. The topological polar surface area (TPSA) is 72.2 Å². The molecule has 1 aromatic carbocycles. The Labute approximate surface area is 160 Å². The van der Waals surface area contributed by atoms with E-state index in [1.165, 1.54) is 0 Å². The number of benzene rings is 1. The van der Waals surface area contributed by atoms with Gasteiger partial charge in [-0.1, -0.05) is 41.4 Å². The molecule has 27 heavy (non-hydrogen) atoms. The van der Waals surface area contributed by atoms with Crippen molar-refractivity contribution in [2.75, 3.05) is 0 Å². The van der Waals surface area contributed by atoms with Gasteiger partial charge in [0.25, 0.3) is 5.91 Å². The fourth-order valence-corrected chi connectivity index (χ4v) is 2.97. The van der Waals surface area contributed by atoms with Crippen molar-refractivity contribution in [3.05, 3.63) is 82.9 Å². The van der Waals surface area contributed by atoms with Crippen molar-refractivity contribution in [1.82, 2.24) is 24.9 Å². The molecule has 0 unspecified atom stereocenters. The van der Waals surface area contributed by atoms with Gasteiger partial charge in [-0.05, 0) is 31.2 Å². The maximum Gasteiger partial charge on any atom is 0.251 e. The molecule has 1 N–H and O–H groups in total. The first-order valence-electron chi connectivity index (χ1n) is 8.41. The van der Waals surface area contributed by atoms with Gasteiger partial charge in [0, 0.05) is 23.5 Å². The number of aryl methyl sites for hydroxylation is 1. The first-order valence-corrected chi connectivity index (χ1v) is 8.79. The summed E-state index contributed by atoms with van der Waals surface area (Å²) in [5.41, 5.74) is 4.86. The van der Waals surface area contributed by atoms with E-state index in [1.54, 1.807) is 41.2 Å². The number of halogens is 1. The van der Waals surface area contributed by atoms with Crippen molar-refractivity contribution < 1.29 is 4.79 Å². The zero-order chi connectivity index (χ0) is 18.8. The second-order valence-corrected chi connectivity index (χ2v) is 6.51. The largest absolute Gasteiger partial charge is 0.346 e. The van der Waals surface area contributed by atoms with Crippen molar-refractivity contribution >= 4 is 23.2 Å². The molecule has 0 aliphatic heterocycles. The Kier molecular flexibility index (Phi) is 4.56. The van der Waals surface area contributed by atoms with Crippen molar-refractivity contribution in [3.63, 3.8) is 0 Å². The van der Waals surface area contributed by atoms with Gasteiger partial charge in [0.1, 0.15) is 5.15 Å². The Hall–Kier alpha value is -3.25. The lowest BCUT2D eigenvalue weighted by atomic mass is 10.1. The number of carbonyl (C=O) groups excluding carboxylic acids is 1. The summed E-state index contributed by atoms with van der Waals surface area (Å²) in [7, 11) is 0. The van der Waals surface area contributed by atoms with Gasteiger partial charge in [-0.2, -0.15) is 5.10 Å². The molecule has 0 aliphatic rings. The van der Waals surface area contributed by atoms with E-state index in [4.69, 9.17) is 11.6 Å². The molecule has 0 radical (unpaired) electrons. The maximum atomic E-state index is 12.4. The normalized spacial score (nSPS) is 10.9. The molecule has 134 valence electrons. The minimum absolute atomic E-state index is 0.191. The molecule has 0 saturated carbocycles. The van der Waals surface area contributed by atoms with Gasteiger partial charge < -0.3 is 5.32 Å². The zero-order valence-corrected chi connectivity index (χ0v) is 15.3. The molecular formula is C20H16ClN5O. The number of rotatable bonds is 4. The summed E-state index contributed by atoms with van der Waals surface area (Å²) in [6.07, 6.45) is 3.17. The van der Waals surface area contributed by atoms with Gasteiger partial charge in [-0.25, -0.2) is 9.50 Å². The van der Waals surface area contributed by atoms with Crippen LogP contribution in [0.5, 0.6) is 0 Å². The maximum absolute atomic E-state index is 12.4. The monoisotopic (exact) mass is 377 g/mol. The Morgan fingerprint density at radius 1 is 1.07 bits per heavy atom. The molecule has 6 nitrogen and oxygen atoms in total. The molecule has 0 aliphatic carbocycles. The molecule has 0 atom stereocenters. The third-order valence-corrected chi connectivity index (χ3v) is 4.42. The van der Waals surface area contributed by atoms with Crippen LogP contribution in [0, 0.1) is 6.92 Å². The highest BCUT2D eigenvalue weighted by Gasteiger charge is 2.16. The van der Waals surface area contributed by atoms with Crippen LogP contribution in [0.3, 0.4) is 0 Å². The molecule has 0 saturated heterocycles. The minimum Gasteiger partial charge on any atom is -0.346 e. The first-order chi connectivity index (χ1) is 13.1. The molecule has 3 aromatic heterocycles. The van der Waals surface area contributed by atoms with Crippen LogP contribution in [0.4, 0.5) is 0 Å². The fraction of sp³-hybridized carbons (Fsp3) is 0.100. The van der Waals surface area contributed by atoms with Crippen LogP contribution in [0.25, 0.3) is 16.9 Å². The van der Waals surface area contributed by atoms with Gasteiger partial charge in [0.05, 0.1) is 17.9 Å². The lowest BCUT2D eigenvalue weighted by Gasteiger charge is -2.08. The Balaban J connectivity index is 1.73. The molecule has 0 spiro atoms. The Bertz CT molecular complexity index is 1110.